The van der Waals surface area contributed by atoms with E-state index in [1.807, 2.05) is 49.6 Å². The summed E-state index contributed by atoms with van der Waals surface area (Å²) in [5, 5.41) is 3.43. The van der Waals surface area contributed by atoms with E-state index >= 15 is 0 Å². The van der Waals surface area contributed by atoms with E-state index in [4.69, 9.17) is 16.3 Å². The number of hydrogen-bond acceptors (Lipinski definition) is 6. The molecule has 0 bridgehead atoms. The van der Waals surface area contributed by atoms with Crippen molar-refractivity contribution in [1.82, 2.24) is 10.2 Å². The van der Waals surface area contributed by atoms with Gasteiger partial charge in [0.25, 0.3) is 10.0 Å². The summed E-state index contributed by atoms with van der Waals surface area (Å²) in [5.41, 5.74) is 1.77. The van der Waals surface area contributed by atoms with Crippen molar-refractivity contribution in [1.29, 1.82) is 0 Å². The molecule has 47 heavy (non-hydrogen) atoms. The van der Waals surface area contributed by atoms with Crippen LogP contribution in [0.4, 0.5) is 5.69 Å². The van der Waals surface area contributed by atoms with Crippen molar-refractivity contribution in [3.8, 4) is 5.75 Å². The molecule has 0 fully saturated rings. The van der Waals surface area contributed by atoms with Crippen LogP contribution in [0.2, 0.25) is 5.02 Å². The summed E-state index contributed by atoms with van der Waals surface area (Å²) in [6, 6.07) is 28.8. The highest BCUT2D eigenvalue weighted by Gasteiger charge is 2.35. The van der Waals surface area contributed by atoms with Gasteiger partial charge in [0.1, 0.15) is 18.3 Å². The number of para-hydroxylation sites is 2. The lowest BCUT2D eigenvalue weighted by molar-refractivity contribution is -0.140. The van der Waals surface area contributed by atoms with Crippen LogP contribution in [0.15, 0.2) is 113 Å². The van der Waals surface area contributed by atoms with Gasteiger partial charge >= 0.3 is 0 Å². The molecule has 2 amide bonds. The molecule has 4 rings (SSSR count). The number of carbonyl (C=O) groups is 2. The zero-order chi connectivity index (χ0) is 33.8. The normalized spacial score (nSPS) is 11.8. The highest BCUT2D eigenvalue weighted by atomic mass is 35.5. The Morgan fingerprint density at radius 3 is 2.23 bits per heavy atom. The second-order valence-electron chi connectivity index (χ2n) is 10.7. The molecule has 8 nitrogen and oxygen atoms in total. The number of thioether (sulfide) groups is 1. The molecule has 11 heteroatoms. The average molecular weight is 694 g/mol. The van der Waals surface area contributed by atoms with Crippen LogP contribution in [0, 0.1) is 0 Å². The highest BCUT2D eigenvalue weighted by Crippen LogP contribution is 2.33. The van der Waals surface area contributed by atoms with Crippen molar-refractivity contribution >= 4 is 50.9 Å². The number of amides is 2. The van der Waals surface area contributed by atoms with E-state index in [1.54, 1.807) is 61.5 Å². The molecule has 0 aromatic heterocycles. The molecule has 248 valence electrons. The maximum absolute atomic E-state index is 14.6. The van der Waals surface area contributed by atoms with Gasteiger partial charge in [0.15, 0.2) is 0 Å². The maximum atomic E-state index is 14.6. The molecule has 4 aromatic rings. The monoisotopic (exact) mass is 693 g/mol. The van der Waals surface area contributed by atoms with E-state index < -0.39 is 28.5 Å². The number of sulfonamides is 1. The van der Waals surface area contributed by atoms with Crippen LogP contribution in [0.5, 0.6) is 5.75 Å². The third kappa shape index (κ3) is 9.53. The Hall–Kier alpha value is -3.99. The van der Waals surface area contributed by atoms with E-state index in [9.17, 15) is 18.0 Å². The summed E-state index contributed by atoms with van der Waals surface area (Å²) < 4.78 is 35.7. The number of benzene rings is 4. The molecule has 4 aromatic carbocycles. The van der Waals surface area contributed by atoms with Gasteiger partial charge in [-0.25, -0.2) is 8.42 Å². The maximum Gasteiger partial charge on any atom is 0.264 e. The molecule has 0 aliphatic carbocycles. The smallest absolute Gasteiger partial charge is 0.264 e. The second kappa shape index (κ2) is 17.2. The molecule has 0 saturated heterocycles. The first-order valence-corrected chi connectivity index (χ1v) is 18.5. The van der Waals surface area contributed by atoms with Gasteiger partial charge in [0.05, 0.1) is 17.2 Å². The van der Waals surface area contributed by atoms with Crippen molar-refractivity contribution < 1.29 is 22.7 Å². The summed E-state index contributed by atoms with van der Waals surface area (Å²) >= 11 is 7.82. The molecule has 0 aliphatic heterocycles. The fourth-order valence-corrected chi connectivity index (χ4v) is 7.13. The van der Waals surface area contributed by atoms with Crippen LogP contribution in [0.3, 0.4) is 0 Å². The Kier molecular flexibility index (Phi) is 13.2. The quantitative estimate of drug-likeness (QED) is 0.129. The zero-order valence-electron chi connectivity index (χ0n) is 26.8. The van der Waals surface area contributed by atoms with Gasteiger partial charge in [-0.2, -0.15) is 0 Å². The summed E-state index contributed by atoms with van der Waals surface area (Å²) in [6.07, 6.45) is 2.84. The summed E-state index contributed by atoms with van der Waals surface area (Å²) in [5.74, 6) is -0.578. The fraction of sp³-hybridized carbons (Fsp3) is 0.278. The first-order valence-electron chi connectivity index (χ1n) is 15.4. The lowest BCUT2D eigenvalue weighted by Gasteiger charge is -2.34. The predicted octanol–water partition coefficient (Wildman–Crippen LogP) is 6.82. The average Bonchev–Trinajstić information content (AvgIpc) is 3.08. The Morgan fingerprint density at radius 2 is 1.57 bits per heavy atom. The first-order chi connectivity index (χ1) is 22.7. The largest absolute Gasteiger partial charge is 0.492 e. The van der Waals surface area contributed by atoms with E-state index in [0.717, 1.165) is 14.8 Å². The van der Waals surface area contributed by atoms with Crippen LogP contribution < -0.4 is 14.4 Å². The minimum atomic E-state index is -4.27. The molecule has 1 atom stereocenters. The van der Waals surface area contributed by atoms with Crippen LogP contribution in [-0.2, 0) is 32.6 Å². The molecule has 1 N–H and O–H groups in total. The molecule has 0 spiro atoms. The first kappa shape index (κ1) is 35.9. The lowest BCUT2D eigenvalue weighted by Crippen LogP contribution is -2.53. The number of halogens is 1. The standard InChI is InChI=1S/C36H40ClN3O5S2/c1-4-22-38-36(42)33(24-27-12-7-6-8-13-27)39(25-28-14-11-15-29(37)23-28)35(41)26-40(32-16-9-10-17-34(32)45-5-2)47(43,44)31-20-18-30(46-3)19-21-31/h6-21,23,33H,4-5,22,24-26H2,1-3H3,(H,38,42). The molecular weight excluding hydrogens is 654 g/mol. The van der Waals surface area contributed by atoms with Gasteiger partial charge < -0.3 is 15.0 Å². The van der Waals surface area contributed by atoms with Gasteiger partial charge in [-0.05, 0) is 79.3 Å². The van der Waals surface area contributed by atoms with Crippen molar-refractivity contribution in [3.63, 3.8) is 0 Å². The fourth-order valence-electron chi connectivity index (χ4n) is 5.08. The number of hydrogen-bond donors (Lipinski definition) is 1. The summed E-state index contributed by atoms with van der Waals surface area (Å²) in [7, 11) is -4.27. The molecule has 0 saturated carbocycles. The van der Waals surface area contributed by atoms with Crippen molar-refractivity contribution in [3.05, 3.63) is 119 Å². The number of anilines is 1. The van der Waals surface area contributed by atoms with Gasteiger partial charge in [-0.15, -0.1) is 11.8 Å². The topological polar surface area (TPSA) is 96.0 Å². The van der Waals surface area contributed by atoms with E-state index in [2.05, 4.69) is 5.32 Å². The number of rotatable bonds is 16. The third-order valence-electron chi connectivity index (χ3n) is 7.42. The molecule has 0 aliphatic rings. The minimum Gasteiger partial charge on any atom is -0.492 e. The Bertz CT molecular complexity index is 1740. The van der Waals surface area contributed by atoms with E-state index in [1.165, 1.54) is 28.8 Å². The second-order valence-corrected chi connectivity index (χ2v) is 13.9. The van der Waals surface area contributed by atoms with Crippen LogP contribution in [-0.4, -0.2) is 57.1 Å². The van der Waals surface area contributed by atoms with E-state index in [-0.39, 0.29) is 29.5 Å². The Balaban J connectivity index is 1.83. The number of carbonyl (C=O) groups excluding carboxylic acids is 2. The van der Waals surface area contributed by atoms with Crippen molar-refractivity contribution in [2.24, 2.45) is 0 Å². The van der Waals surface area contributed by atoms with Gasteiger partial charge in [0.2, 0.25) is 11.8 Å². The summed E-state index contributed by atoms with van der Waals surface area (Å²) in [4.78, 5) is 30.8. The molecule has 0 heterocycles. The highest BCUT2D eigenvalue weighted by molar-refractivity contribution is 7.98. The number of ether oxygens (including phenoxy) is 1. The Morgan fingerprint density at radius 1 is 0.894 bits per heavy atom. The van der Waals surface area contributed by atoms with Crippen LogP contribution in [0.1, 0.15) is 31.4 Å². The molecule has 1 unspecified atom stereocenters. The van der Waals surface area contributed by atoms with Crippen LogP contribution in [0.25, 0.3) is 0 Å². The SMILES string of the molecule is CCCNC(=O)C(Cc1ccccc1)N(Cc1cccc(Cl)c1)C(=O)CN(c1ccccc1OCC)S(=O)(=O)c1ccc(SC)cc1. The lowest BCUT2D eigenvalue weighted by atomic mass is 10.0. The number of nitrogens with zero attached hydrogens (tertiary/aromatic N) is 2. The third-order valence-corrected chi connectivity index (χ3v) is 10.2. The number of nitrogens with one attached hydrogen (secondary N) is 1. The van der Waals surface area contributed by atoms with Gasteiger partial charge in [0, 0.05) is 29.4 Å². The van der Waals surface area contributed by atoms with Crippen molar-refractivity contribution in [2.45, 2.75) is 49.1 Å². The van der Waals surface area contributed by atoms with Crippen LogP contribution >= 0.6 is 23.4 Å². The zero-order valence-corrected chi connectivity index (χ0v) is 29.2. The summed E-state index contributed by atoms with van der Waals surface area (Å²) in [6.45, 7) is 3.92. The van der Waals surface area contributed by atoms with Gasteiger partial charge in [-0.1, -0.05) is 73.1 Å². The predicted molar refractivity (Wildman–Crippen MR) is 190 cm³/mol. The van der Waals surface area contributed by atoms with E-state index in [0.29, 0.717) is 35.9 Å². The molecule has 0 radical (unpaired) electrons. The minimum absolute atomic E-state index is 0.0253. The Labute approximate surface area is 287 Å². The van der Waals surface area contributed by atoms with Gasteiger partial charge in [-0.3, -0.25) is 13.9 Å². The molecular formula is C36H40ClN3O5S2. The van der Waals surface area contributed by atoms with Crippen molar-refractivity contribution in [2.75, 3.05) is 30.3 Å².